The van der Waals surface area contributed by atoms with Gasteiger partial charge < -0.3 is 5.32 Å². The first kappa shape index (κ1) is 12.5. The molecule has 0 radical (unpaired) electrons. The standard InChI is InChI=1S/C15H22N2S/c1-16-11-12-5-4-9-17(12)14-8-10-18-15-7-3-2-6-13(14)15/h2-3,6-7,12,14,16H,4-5,8-11H2,1H3. The van der Waals surface area contributed by atoms with E-state index in [1.165, 1.54) is 36.5 Å². The molecule has 2 nitrogen and oxygen atoms in total. The number of benzene rings is 1. The summed E-state index contributed by atoms with van der Waals surface area (Å²) in [6.07, 6.45) is 4.02. The molecule has 0 saturated carbocycles. The molecule has 0 aliphatic carbocycles. The van der Waals surface area contributed by atoms with Gasteiger partial charge in [-0.05, 0) is 50.2 Å². The third kappa shape index (κ3) is 2.31. The normalized spacial score (nSPS) is 28.3. The Balaban J connectivity index is 1.84. The minimum Gasteiger partial charge on any atom is -0.318 e. The van der Waals surface area contributed by atoms with Crippen LogP contribution in [-0.2, 0) is 0 Å². The first-order valence-corrected chi connectivity index (χ1v) is 8.01. The lowest BCUT2D eigenvalue weighted by atomic mass is 10.0. The molecule has 3 heteroatoms. The van der Waals surface area contributed by atoms with Crippen molar-refractivity contribution >= 4 is 11.8 Å². The molecule has 0 amide bonds. The lowest BCUT2D eigenvalue weighted by Crippen LogP contribution is -2.40. The van der Waals surface area contributed by atoms with Crippen molar-refractivity contribution in [2.45, 2.75) is 36.2 Å². The number of likely N-dealkylation sites (N-methyl/N-ethyl adjacent to an activating group) is 1. The van der Waals surface area contributed by atoms with Crippen molar-refractivity contribution in [1.29, 1.82) is 0 Å². The topological polar surface area (TPSA) is 15.3 Å². The highest BCUT2D eigenvalue weighted by Crippen LogP contribution is 2.41. The van der Waals surface area contributed by atoms with E-state index in [1.807, 2.05) is 11.8 Å². The Kier molecular flexibility index (Phi) is 3.92. The number of fused-ring (bicyclic) bond motifs is 1. The second kappa shape index (κ2) is 5.64. The number of rotatable bonds is 3. The van der Waals surface area contributed by atoms with Crippen LogP contribution in [0.15, 0.2) is 29.2 Å². The molecule has 98 valence electrons. The van der Waals surface area contributed by atoms with Gasteiger partial charge in [0.25, 0.3) is 0 Å². The Morgan fingerprint density at radius 3 is 3.11 bits per heavy atom. The summed E-state index contributed by atoms with van der Waals surface area (Å²) in [6, 6.07) is 10.4. The summed E-state index contributed by atoms with van der Waals surface area (Å²) in [6.45, 7) is 2.40. The molecule has 0 spiro atoms. The van der Waals surface area contributed by atoms with Gasteiger partial charge in [-0.1, -0.05) is 18.2 Å². The summed E-state index contributed by atoms with van der Waals surface area (Å²) in [5.41, 5.74) is 1.57. The van der Waals surface area contributed by atoms with Crippen molar-refractivity contribution in [2.24, 2.45) is 0 Å². The van der Waals surface area contributed by atoms with Crippen molar-refractivity contribution in [3.63, 3.8) is 0 Å². The van der Waals surface area contributed by atoms with Crippen LogP contribution < -0.4 is 5.32 Å². The van der Waals surface area contributed by atoms with Crippen molar-refractivity contribution in [1.82, 2.24) is 10.2 Å². The minimum absolute atomic E-state index is 0.656. The molecule has 1 fully saturated rings. The van der Waals surface area contributed by atoms with Crippen LogP contribution in [0.5, 0.6) is 0 Å². The Morgan fingerprint density at radius 1 is 1.33 bits per heavy atom. The highest BCUT2D eigenvalue weighted by Gasteiger charge is 2.33. The molecule has 1 N–H and O–H groups in total. The maximum atomic E-state index is 3.36. The molecular weight excluding hydrogens is 240 g/mol. The summed E-state index contributed by atoms with van der Waals surface area (Å²) in [4.78, 5) is 4.25. The van der Waals surface area contributed by atoms with Gasteiger partial charge in [-0.15, -0.1) is 11.8 Å². The Labute approximate surface area is 114 Å². The summed E-state index contributed by atoms with van der Waals surface area (Å²) in [5, 5.41) is 3.36. The Hall–Kier alpha value is -0.510. The fourth-order valence-corrected chi connectivity index (χ4v) is 4.50. The van der Waals surface area contributed by atoms with E-state index in [1.54, 1.807) is 5.56 Å². The lowest BCUT2D eigenvalue weighted by Gasteiger charge is -2.36. The van der Waals surface area contributed by atoms with Crippen LogP contribution in [0.2, 0.25) is 0 Å². The van der Waals surface area contributed by atoms with Crippen LogP contribution in [-0.4, -0.2) is 36.8 Å². The van der Waals surface area contributed by atoms with Gasteiger partial charge in [0, 0.05) is 23.5 Å². The SMILES string of the molecule is CNCC1CCCN1C1CCSc2ccccc21. The van der Waals surface area contributed by atoms with E-state index in [9.17, 15) is 0 Å². The van der Waals surface area contributed by atoms with E-state index in [-0.39, 0.29) is 0 Å². The summed E-state index contributed by atoms with van der Waals surface area (Å²) in [5.74, 6) is 1.27. The predicted molar refractivity (Wildman–Crippen MR) is 78.2 cm³/mol. The molecule has 18 heavy (non-hydrogen) atoms. The second-order valence-corrected chi connectivity index (χ2v) is 6.42. The van der Waals surface area contributed by atoms with E-state index in [2.05, 4.69) is 41.5 Å². The van der Waals surface area contributed by atoms with Crippen molar-refractivity contribution in [3.05, 3.63) is 29.8 Å². The van der Waals surface area contributed by atoms with Gasteiger partial charge in [0.05, 0.1) is 0 Å². The maximum Gasteiger partial charge on any atom is 0.0370 e. The highest BCUT2D eigenvalue weighted by molar-refractivity contribution is 7.99. The zero-order chi connectivity index (χ0) is 12.4. The first-order valence-electron chi connectivity index (χ1n) is 7.02. The maximum absolute atomic E-state index is 3.36. The zero-order valence-electron chi connectivity index (χ0n) is 11.1. The van der Waals surface area contributed by atoms with Crippen LogP contribution in [0.25, 0.3) is 0 Å². The van der Waals surface area contributed by atoms with Gasteiger partial charge in [0.15, 0.2) is 0 Å². The molecule has 0 aromatic heterocycles. The summed E-state index contributed by atoms with van der Waals surface area (Å²) < 4.78 is 0. The molecule has 2 aliphatic heterocycles. The largest absolute Gasteiger partial charge is 0.318 e. The molecule has 2 aliphatic rings. The van der Waals surface area contributed by atoms with Crippen molar-refractivity contribution in [3.8, 4) is 0 Å². The molecule has 2 heterocycles. The van der Waals surface area contributed by atoms with Crippen LogP contribution in [0.3, 0.4) is 0 Å². The molecule has 3 rings (SSSR count). The minimum atomic E-state index is 0.656. The molecule has 1 aromatic carbocycles. The third-order valence-electron chi connectivity index (χ3n) is 4.19. The number of nitrogens with one attached hydrogen (secondary N) is 1. The van der Waals surface area contributed by atoms with Gasteiger partial charge in [-0.3, -0.25) is 4.90 Å². The van der Waals surface area contributed by atoms with Crippen molar-refractivity contribution < 1.29 is 0 Å². The van der Waals surface area contributed by atoms with Crippen LogP contribution >= 0.6 is 11.8 Å². The number of nitrogens with zero attached hydrogens (tertiary/aromatic N) is 1. The van der Waals surface area contributed by atoms with E-state index in [4.69, 9.17) is 0 Å². The lowest BCUT2D eigenvalue weighted by molar-refractivity contribution is 0.171. The molecule has 2 unspecified atom stereocenters. The average Bonchev–Trinajstić information content (AvgIpc) is 2.87. The smallest absolute Gasteiger partial charge is 0.0370 e. The van der Waals surface area contributed by atoms with Crippen LogP contribution in [0.4, 0.5) is 0 Å². The zero-order valence-corrected chi connectivity index (χ0v) is 11.9. The van der Waals surface area contributed by atoms with E-state index in [0.717, 1.165) is 12.6 Å². The van der Waals surface area contributed by atoms with Gasteiger partial charge in [-0.2, -0.15) is 0 Å². The number of likely N-dealkylation sites (tertiary alicyclic amines) is 1. The van der Waals surface area contributed by atoms with Gasteiger partial charge >= 0.3 is 0 Å². The third-order valence-corrected chi connectivity index (χ3v) is 5.31. The molecule has 2 atom stereocenters. The van der Waals surface area contributed by atoms with Crippen molar-refractivity contribution in [2.75, 3.05) is 25.9 Å². The van der Waals surface area contributed by atoms with Crippen LogP contribution in [0.1, 0.15) is 30.9 Å². The molecule has 1 aromatic rings. The monoisotopic (exact) mass is 262 g/mol. The predicted octanol–water partition coefficient (Wildman–Crippen LogP) is 2.91. The highest BCUT2D eigenvalue weighted by atomic mass is 32.2. The fourth-order valence-electron chi connectivity index (χ4n) is 3.39. The van der Waals surface area contributed by atoms with Crippen LogP contribution in [0, 0.1) is 0 Å². The number of hydrogen-bond donors (Lipinski definition) is 1. The quantitative estimate of drug-likeness (QED) is 0.901. The van der Waals surface area contributed by atoms with E-state index < -0.39 is 0 Å². The Bertz CT molecular complexity index is 407. The number of hydrogen-bond acceptors (Lipinski definition) is 3. The second-order valence-electron chi connectivity index (χ2n) is 5.28. The van der Waals surface area contributed by atoms with Gasteiger partial charge in [0.1, 0.15) is 0 Å². The van der Waals surface area contributed by atoms with E-state index >= 15 is 0 Å². The molecule has 0 bridgehead atoms. The molecular formula is C15H22N2S. The first-order chi connectivity index (χ1) is 8.90. The average molecular weight is 262 g/mol. The van der Waals surface area contributed by atoms with Gasteiger partial charge in [-0.25, -0.2) is 0 Å². The summed E-state index contributed by atoms with van der Waals surface area (Å²) in [7, 11) is 2.07. The molecule has 1 saturated heterocycles. The summed E-state index contributed by atoms with van der Waals surface area (Å²) >= 11 is 2.02. The Morgan fingerprint density at radius 2 is 2.22 bits per heavy atom. The van der Waals surface area contributed by atoms with Gasteiger partial charge in [0.2, 0.25) is 0 Å². The van der Waals surface area contributed by atoms with E-state index in [0.29, 0.717) is 6.04 Å². The number of thioether (sulfide) groups is 1. The fraction of sp³-hybridized carbons (Fsp3) is 0.600.